The van der Waals surface area contributed by atoms with Crippen molar-refractivity contribution in [2.24, 2.45) is 4.99 Å². The van der Waals surface area contributed by atoms with E-state index in [9.17, 15) is 9.59 Å². The van der Waals surface area contributed by atoms with Crippen molar-refractivity contribution in [1.82, 2.24) is 0 Å². The third-order valence-corrected chi connectivity index (χ3v) is 5.01. The van der Waals surface area contributed by atoms with E-state index in [0.717, 1.165) is 5.56 Å². The number of ether oxygens (including phenoxy) is 1. The van der Waals surface area contributed by atoms with Gasteiger partial charge >= 0.3 is 0 Å². The van der Waals surface area contributed by atoms with Crippen molar-refractivity contribution in [2.45, 2.75) is 5.66 Å². The maximum absolute atomic E-state index is 12.8. The van der Waals surface area contributed by atoms with E-state index < -0.39 is 5.66 Å². The molecule has 0 bridgehead atoms. The molecule has 0 radical (unpaired) electrons. The molecule has 0 aliphatic carbocycles. The lowest BCUT2D eigenvalue weighted by atomic mass is 10.00. The van der Waals surface area contributed by atoms with Crippen LogP contribution in [0.15, 0.2) is 83.9 Å². The summed E-state index contributed by atoms with van der Waals surface area (Å²) in [5.41, 5.74) is 1.92. The molecule has 3 aromatic carbocycles. The van der Waals surface area contributed by atoms with Crippen LogP contribution in [0.1, 0.15) is 21.5 Å². The molecule has 2 N–H and O–H groups in total. The van der Waals surface area contributed by atoms with E-state index >= 15 is 0 Å². The molecule has 1 amide bonds. The molecule has 2 aliphatic heterocycles. The lowest BCUT2D eigenvalue weighted by Gasteiger charge is -2.31. The third-order valence-electron chi connectivity index (χ3n) is 5.01. The molecule has 1 unspecified atom stereocenters. The highest BCUT2D eigenvalue weighted by atomic mass is 16.5. The van der Waals surface area contributed by atoms with E-state index in [2.05, 4.69) is 15.6 Å². The molecule has 6 nitrogen and oxygen atoms in total. The number of ketones is 1. The molecule has 2 heterocycles. The number of anilines is 2. The molecule has 0 saturated carbocycles. The zero-order valence-electron chi connectivity index (χ0n) is 15.4. The molecular weight excluding hydrogens is 366 g/mol. The number of hydrogen-bond acceptors (Lipinski definition) is 5. The van der Waals surface area contributed by atoms with Gasteiger partial charge in [-0.15, -0.1) is 0 Å². The van der Waals surface area contributed by atoms with Gasteiger partial charge in [-0.05, 0) is 30.3 Å². The Kier molecular flexibility index (Phi) is 3.91. The molecule has 1 spiro atoms. The minimum atomic E-state index is -1.26. The van der Waals surface area contributed by atoms with E-state index in [4.69, 9.17) is 4.74 Å². The number of carbonyl (C=O) groups is 2. The van der Waals surface area contributed by atoms with Crippen LogP contribution in [0.4, 0.5) is 11.4 Å². The molecule has 3 aromatic rings. The SMILES string of the molecule is O=C(c1ccccc1)c1ccc2c(c1)NC1(COC(c3ccccc3)=N1)C(=O)N2. The van der Waals surface area contributed by atoms with Crippen molar-refractivity contribution in [3.8, 4) is 0 Å². The van der Waals surface area contributed by atoms with Gasteiger partial charge in [0.15, 0.2) is 5.78 Å². The Balaban J connectivity index is 1.49. The smallest absolute Gasteiger partial charge is 0.276 e. The van der Waals surface area contributed by atoms with Crippen molar-refractivity contribution in [2.75, 3.05) is 17.2 Å². The van der Waals surface area contributed by atoms with Crippen LogP contribution in [0.2, 0.25) is 0 Å². The monoisotopic (exact) mass is 383 g/mol. The maximum atomic E-state index is 12.8. The number of fused-ring (bicyclic) bond motifs is 1. The molecule has 0 aromatic heterocycles. The quantitative estimate of drug-likeness (QED) is 0.679. The number of hydrogen-bond donors (Lipinski definition) is 2. The van der Waals surface area contributed by atoms with Gasteiger partial charge < -0.3 is 15.4 Å². The van der Waals surface area contributed by atoms with Crippen molar-refractivity contribution in [3.05, 3.63) is 95.6 Å². The summed E-state index contributed by atoms with van der Waals surface area (Å²) in [4.78, 5) is 30.1. The van der Waals surface area contributed by atoms with E-state index in [1.165, 1.54) is 0 Å². The highest BCUT2D eigenvalue weighted by molar-refractivity contribution is 6.13. The zero-order valence-corrected chi connectivity index (χ0v) is 15.4. The summed E-state index contributed by atoms with van der Waals surface area (Å²) in [5, 5.41) is 6.06. The summed E-state index contributed by atoms with van der Waals surface area (Å²) in [6.07, 6.45) is 0. The summed E-state index contributed by atoms with van der Waals surface area (Å²) < 4.78 is 5.72. The van der Waals surface area contributed by atoms with Gasteiger partial charge in [-0.1, -0.05) is 48.5 Å². The minimum absolute atomic E-state index is 0.0688. The number of carbonyl (C=O) groups excluding carboxylic acids is 2. The van der Waals surface area contributed by atoms with Crippen molar-refractivity contribution in [1.29, 1.82) is 0 Å². The van der Waals surface area contributed by atoms with Gasteiger partial charge in [0.05, 0.1) is 11.4 Å². The molecular formula is C23H17N3O3. The van der Waals surface area contributed by atoms with Gasteiger partial charge in [-0.25, -0.2) is 4.99 Å². The maximum Gasteiger partial charge on any atom is 0.276 e. The van der Waals surface area contributed by atoms with Gasteiger partial charge in [-0.2, -0.15) is 0 Å². The Bertz CT molecular complexity index is 1140. The zero-order chi connectivity index (χ0) is 19.8. The normalized spacial score (nSPS) is 19.6. The van der Waals surface area contributed by atoms with Crippen LogP contribution in [0, 0.1) is 0 Å². The first kappa shape index (κ1) is 17.2. The molecule has 1 atom stereocenters. The van der Waals surface area contributed by atoms with Crippen molar-refractivity contribution < 1.29 is 14.3 Å². The molecule has 2 aliphatic rings. The van der Waals surface area contributed by atoms with Crippen molar-refractivity contribution >= 4 is 29.0 Å². The largest absolute Gasteiger partial charge is 0.472 e. The summed E-state index contributed by atoms with van der Waals surface area (Å²) in [6.45, 7) is 0.0688. The average molecular weight is 383 g/mol. The van der Waals surface area contributed by atoms with Crippen LogP contribution in [0.3, 0.4) is 0 Å². The van der Waals surface area contributed by atoms with Gasteiger partial charge in [0.25, 0.3) is 5.91 Å². The summed E-state index contributed by atoms with van der Waals surface area (Å²) >= 11 is 0. The molecule has 0 saturated heterocycles. The topological polar surface area (TPSA) is 79.8 Å². The second-order valence-electron chi connectivity index (χ2n) is 6.97. The molecule has 142 valence electrons. The van der Waals surface area contributed by atoms with Crippen LogP contribution in [0.5, 0.6) is 0 Å². The number of nitrogens with one attached hydrogen (secondary N) is 2. The van der Waals surface area contributed by atoms with Gasteiger partial charge in [0.1, 0.15) is 6.61 Å². The van der Waals surface area contributed by atoms with E-state index in [1.807, 2.05) is 48.5 Å². The van der Waals surface area contributed by atoms with Crippen LogP contribution in [-0.4, -0.2) is 29.9 Å². The van der Waals surface area contributed by atoms with Crippen LogP contribution in [-0.2, 0) is 9.53 Å². The van der Waals surface area contributed by atoms with E-state index in [1.54, 1.807) is 30.3 Å². The molecule has 29 heavy (non-hydrogen) atoms. The highest BCUT2D eigenvalue weighted by Crippen LogP contribution is 2.35. The van der Waals surface area contributed by atoms with Crippen LogP contribution >= 0.6 is 0 Å². The molecule has 6 heteroatoms. The standard InChI is InChI=1S/C23H17N3O3/c27-20(15-7-3-1-4-8-15)17-11-12-18-19(13-17)25-23(22(28)24-18)14-29-21(26-23)16-9-5-2-6-10-16/h1-13,25H,14H2,(H,24,28). The fourth-order valence-corrected chi connectivity index (χ4v) is 3.48. The first-order valence-electron chi connectivity index (χ1n) is 9.26. The number of nitrogens with zero attached hydrogens (tertiary/aromatic N) is 1. The first-order valence-corrected chi connectivity index (χ1v) is 9.26. The lowest BCUT2D eigenvalue weighted by molar-refractivity contribution is -0.120. The Morgan fingerprint density at radius 1 is 0.897 bits per heavy atom. The fourth-order valence-electron chi connectivity index (χ4n) is 3.48. The predicted octanol–water partition coefficient (Wildman–Crippen LogP) is 3.45. The molecule has 5 rings (SSSR count). The lowest BCUT2D eigenvalue weighted by Crippen LogP contribution is -2.52. The van der Waals surface area contributed by atoms with Crippen LogP contribution in [0.25, 0.3) is 0 Å². The van der Waals surface area contributed by atoms with E-state index in [-0.39, 0.29) is 18.3 Å². The number of aliphatic imine (C=N–C) groups is 1. The Morgan fingerprint density at radius 2 is 1.62 bits per heavy atom. The third kappa shape index (κ3) is 2.95. The van der Waals surface area contributed by atoms with Gasteiger partial charge in [0.2, 0.25) is 11.6 Å². The minimum Gasteiger partial charge on any atom is -0.472 e. The average Bonchev–Trinajstić information content (AvgIpc) is 3.20. The molecule has 0 fully saturated rings. The Hall–Kier alpha value is -3.93. The Morgan fingerprint density at radius 3 is 2.38 bits per heavy atom. The van der Waals surface area contributed by atoms with Gasteiger partial charge in [0, 0.05) is 16.7 Å². The second kappa shape index (κ2) is 6.60. The number of amides is 1. The van der Waals surface area contributed by atoms with E-state index in [0.29, 0.717) is 28.4 Å². The fraction of sp³-hybridized carbons (Fsp3) is 0.0870. The summed E-state index contributed by atoms with van der Waals surface area (Å²) in [6, 6.07) is 23.7. The number of rotatable bonds is 3. The first-order chi connectivity index (χ1) is 14.1. The summed E-state index contributed by atoms with van der Waals surface area (Å²) in [5.74, 6) is 0.0311. The van der Waals surface area contributed by atoms with Crippen molar-refractivity contribution in [3.63, 3.8) is 0 Å². The number of benzene rings is 3. The Labute approximate surface area is 167 Å². The highest BCUT2D eigenvalue weighted by Gasteiger charge is 2.47. The second-order valence-corrected chi connectivity index (χ2v) is 6.97. The predicted molar refractivity (Wildman–Crippen MR) is 110 cm³/mol. The van der Waals surface area contributed by atoms with Gasteiger partial charge in [-0.3, -0.25) is 9.59 Å². The summed E-state index contributed by atoms with van der Waals surface area (Å²) in [7, 11) is 0. The van der Waals surface area contributed by atoms with Crippen LogP contribution < -0.4 is 10.6 Å².